The highest BCUT2D eigenvalue weighted by atomic mass is 32.1. The van der Waals surface area contributed by atoms with Crippen molar-refractivity contribution in [2.24, 2.45) is 11.8 Å². The van der Waals surface area contributed by atoms with Gasteiger partial charge in [-0.15, -0.1) is 5.10 Å². The van der Waals surface area contributed by atoms with Crippen molar-refractivity contribution in [3.63, 3.8) is 0 Å². The zero-order valence-electron chi connectivity index (χ0n) is 17.7. The second-order valence-corrected chi connectivity index (χ2v) is 9.91. The molecular weight excluding hydrogens is 398 g/mol. The molecule has 4 heterocycles. The summed E-state index contributed by atoms with van der Waals surface area (Å²) < 4.78 is 7.98. The van der Waals surface area contributed by atoms with Crippen molar-refractivity contribution in [2.45, 2.75) is 58.2 Å². The molecule has 2 bridgehead atoms. The Balaban J connectivity index is 1.33. The summed E-state index contributed by atoms with van der Waals surface area (Å²) in [6.45, 7) is 8.90. The van der Waals surface area contributed by atoms with E-state index in [2.05, 4.69) is 41.4 Å². The first kappa shape index (κ1) is 19.5. The summed E-state index contributed by atoms with van der Waals surface area (Å²) in [5, 5.41) is 28.4. The predicted octanol–water partition coefficient (Wildman–Crippen LogP) is 3.95. The molecule has 3 aromatic rings. The predicted molar refractivity (Wildman–Crippen MR) is 116 cm³/mol. The van der Waals surface area contributed by atoms with Crippen LogP contribution in [0.15, 0.2) is 30.5 Å². The lowest BCUT2D eigenvalue weighted by Gasteiger charge is -2.37. The van der Waals surface area contributed by atoms with E-state index < -0.39 is 0 Å². The Hall–Kier alpha value is -2.45. The van der Waals surface area contributed by atoms with Crippen molar-refractivity contribution < 1.29 is 9.84 Å². The van der Waals surface area contributed by atoms with Crippen LogP contribution in [0, 0.1) is 18.8 Å². The molecule has 7 nitrogen and oxygen atoms in total. The van der Waals surface area contributed by atoms with Gasteiger partial charge >= 0.3 is 0 Å². The maximum absolute atomic E-state index is 10.6. The molecule has 0 radical (unpaired) electrons. The summed E-state index contributed by atoms with van der Waals surface area (Å²) >= 11 is 1.38. The number of nitrogens with zero attached hydrogens (tertiary/aromatic N) is 4. The third-order valence-electron chi connectivity index (χ3n) is 6.98. The minimum absolute atomic E-state index is 0.111. The number of ether oxygens (including phenoxy) is 1. The highest BCUT2D eigenvalue weighted by Crippen LogP contribution is 2.45. The fourth-order valence-corrected chi connectivity index (χ4v) is 5.77. The van der Waals surface area contributed by atoms with E-state index in [0.717, 1.165) is 24.2 Å². The van der Waals surface area contributed by atoms with E-state index in [9.17, 15) is 5.11 Å². The Morgan fingerprint density at radius 1 is 1.27 bits per heavy atom. The van der Waals surface area contributed by atoms with Crippen molar-refractivity contribution in [1.82, 2.24) is 25.3 Å². The maximum Gasteiger partial charge on any atom is 0.294 e. The van der Waals surface area contributed by atoms with Crippen molar-refractivity contribution in [1.29, 1.82) is 0 Å². The second-order valence-electron chi connectivity index (χ2n) is 8.97. The van der Waals surface area contributed by atoms with Crippen molar-refractivity contribution in [2.75, 3.05) is 0 Å². The molecule has 0 saturated carbocycles. The van der Waals surface area contributed by atoms with Gasteiger partial charge in [0.1, 0.15) is 11.9 Å². The summed E-state index contributed by atoms with van der Waals surface area (Å²) in [5.74, 6) is 1.41. The van der Waals surface area contributed by atoms with Gasteiger partial charge in [-0.3, -0.25) is 0 Å². The summed E-state index contributed by atoms with van der Waals surface area (Å²) in [5.41, 5.74) is 2.48. The number of fused-ring (bicyclic) bond motifs is 2. The average Bonchev–Trinajstić information content (AvgIpc) is 3.38. The number of piperidine rings is 1. The Morgan fingerprint density at radius 2 is 2.10 bits per heavy atom. The summed E-state index contributed by atoms with van der Waals surface area (Å²) in [4.78, 5) is 0. The average molecular weight is 426 g/mol. The van der Waals surface area contributed by atoms with E-state index in [0.29, 0.717) is 33.6 Å². The fourth-order valence-electron chi connectivity index (χ4n) is 4.97. The third kappa shape index (κ3) is 3.28. The van der Waals surface area contributed by atoms with Crippen LogP contribution in [-0.4, -0.2) is 42.8 Å². The van der Waals surface area contributed by atoms with E-state index in [1.54, 1.807) is 10.7 Å². The normalized spacial score (nSPS) is 30.5. The minimum Gasteiger partial charge on any atom is -0.507 e. The lowest BCUT2D eigenvalue weighted by Crippen LogP contribution is -2.52. The van der Waals surface area contributed by atoms with Crippen LogP contribution in [0.25, 0.3) is 16.3 Å². The number of nitrogens with one attached hydrogen (secondary N) is 1. The molecule has 5 unspecified atom stereocenters. The first-order valence-electron chi connectivity index (χ1n) is 10.5. The standard InChI is InChI=1S/C22H27N5O2S/c1-12-7-8-27(26-12)15-5-6-17(19(28)9-15)20-24-25-21(30-20)29-16-10-18-13(2)14(3)22(4,11-16)23-18/h5-9,13-14,16,18,23,28H,10-11H2,1-4H3. The van der Waals surface area contributed by atoms with Gasteiger partial charge in [-0.2, -0.15) is 5.10 Å². The zero-order chi connectivity index (χ0) is 21.0. The van der Waals surface area contributed by atoms with Gasteiger partial charge in [0.25, 0.3) is 5.19 Å². The van der Waals surface area contributed by atoms with E-state index >= 15 is 0 Å². The highest BCUT2D eigenvalue weighted by Gasteiger charge is 2.51. The molecule has 2 fully saturated rings. The van der Waals surface area contributed by atoms with Gasteiger partial charge in [0.15, 0.2) is 5.01 Å². The van der Waals surface area contributed by atoms with Crippen LogP contribution in [0.2, 0.25) is 0 Å². The first-order chi connectivity index (χ1) is 14.3. The number of aromatic nitrogens is 4. The molecule has 0 spiro atoms. The third-order valence-corrected chi connectivity index (χ3v) is 7.83. The topological polar surface area (TPSA) is 85.1 Å². The van der Waals surface area contributed by atoms with Gasteiger partial charge < -0.3 is 15.2 Å². The van der Waals surface area contributed by atoms with Gasteiger partial charge in [-0.25, -0.2) is 4.68 Å². The number of aromatic hydroxyl groups is 1. The van der Waals surface area contributed by atoms with Crippen LogP contribution < -0.4 is 10.1 Å². The number of aryl methyl sites for hydroxylation is 1. The number of hydrogen-bond donors (Lipinski definition) is 2. The van der Waals surface area contributed by atoms with Crippen LogP contribution in [0.5, 0.6) is 10.9 Å². The molecule has 158 valence electrons. The van der Waals surface area contributed by atoms with Crippen molar-refractivity contribution in [3.8, 4) is 27.2 Å². The number of rotatable bonds is 4. The molecule has 2 N–H and O–H groups in total. The molecule has 2 aliphatic rings. The number of benzene rings is 1. The Bertz CT molecular complexity index is 1080. The Morgan fingerprint density at radius 3 is 2.80 bits per heavy atom. The summed E-state index contributed by atoms with van der Waals surface area (Å²) in [6.07, 6.45) is 3.95. The Kier molecular flexibility index (Phi) is 4.59. The van der Waals surface area contributed by atoms with Crippen LogP contribution >= 0.6 is 11.3 Å². The second kappa shape index (κ2) is 7.06. The quantitative estimate of drug-likeness (QED) is 0.658. The summed E-state index contributed by atoms with van der Waals surface area (Å²) in [6, 6.07) is 7.86. The zero-order valence-corrected chi connectivity index (χ0v) is 18.5. The van der Waals surface area contributed by atoms with Crippen LogP contribution in [0.1, 0.15) is 39.3 Å². The van der Waals surface area contributed by atoms with Crippen LogP contribution in [0.4, 0.5) is 0 Å². The fraction of sp³-hybridized carbons (Fsp3) is 0.500. The lowest BCUT2D eigenvalue weighted by atomic mass is 9.81. The smallest absolute Gasteiger partial charge is 0.294 e. The number of phenols is 1. The maximum atomic E-state index is 10.6. The van der Waals surface area contributed by atoms with E-state index in [1.165, 1.54) is 11.3 Å². The Labute approximate surface area is 180 Å². The number of hydrogen-bond acceptors (Lipinski definition) is 7. The molecule has 0 amide bonds. The molecule has 0 aliphatic carbocycles. The molecule has 5 rings (SSSR count). The summed E-state index contributed by atoms with van der Waals surface area (Å²) in [7, 11) is 0. The largest absolute Gasteiger partial charge is 0.507 e. The van der Waals surface area contributed by atoms with E-state index in [4.69, 9.17) is 4.74 Å². The van der Waals surface area contributed by atoms with Gasteiger partial charge in [0.2, 0.25) is 0 Å². The van der Waals surface area contributed by atoms with Crippen LogP contribution in [0.3, 0.4) is 0 Å². The minimum atomic E-state index is 0.111. The first-order valence-corrected chi connectivity index (χ1v) is 11.3. The van der Waals surface area contributed by atoms with Crippen molar-refractivity contribution >= 4 is 11.3 Å². The SMILES string of the molecule is Cc1ccn(-c2ccc(-c3nnc(OC4CC5NC(C)(C4)C(C)C5C)s3)c(O)c2)n1. The van der Waals surface area contributed by atoms with Gasteiger partial charge in [0, 0.05) is 36.7 Å². The van der Waals surface area contributed by atoms with Gasteiger partial charge in [0.05, 0.1) is 16.9 Å². The monoisotopic (exact) mass is 425 g/mol. The van der Waals surface area contributed by atoms with Gasteiger partial charge in [-0.1, -0.05) is 30.3 Å². The molecule has 2 saturated heterocycles. The molecule has 30 heavy (non-hydrogen) atoms. The van der Waals surface area contributed by atoms with Gasteiger partial charge in [-0.05, 0) is 43.9 Å². The molecule has 5 atom stereocenters. The van der Waals surface area contributed by atoms with E-state index in [-0.39, 0.29) is 17.4 Å². The van der Waals surface area contributed by atoms with Crippen molar-refractivity contribution in [3.05, 3.63) is 36.2 Å². The van der Waals surface area contributed by atoms with E-state index in [1.807, 2.05) is 31.3 Å². The number of phenolic OH excluding ortho intramolecular Hbond substituents is 1. The lowest BCUT2D eigenvalue weighted by molar-refractivity contribution is 0.0977. The molecule has 1 aromatic carbocycles. The molecule has 2 aliphatic heterocycles. The van der Waals surface area contributed by atoms with Crippen LogP contribution in [-0.2, 0) is 0 Å². The molecule has 2 aromatic heterocycles. The molecule has 8 heteroatoms. The highest BCUT2D eigenvalue weighted by molar-refractivity contribution is 7.16. The molecular formula is C22H27N5O2S.